The first-order valence-electron chi connectivity index (χ1n) is 9.10. The Labute approximate surface area is 146 Å². The molecule has 2 saturated heterocycles. The van der Waals surface area contributed by atoms with Gasteiger partial charge in [-0.3, -0.25) is 4.90 Å². The van der Waals surface area contributed by atoms with E-state index in [1.807, 2.05) is 6.07 Å². The molecule has 2 aliphatic heterocycles. The van der Waals surface area contributed by atoms with Crippen LogP contribution < -0.4 is 4.90 Å². The lowest BCUT2D eigenvalue weighted by atomic mass is 10.1. The molecule has 1 aromatic rings. The number of nitrogens with zero attached hydrogens (tertiary/aromatic N) is 3. The van der Waals surface area contributed by atoms with Gasteiger partial charge in [0.25, 0.3) is 0 Å². The van der Waals surface area contributed by atoms with E-state index in [1.54, 1.807) is 0 Å². The Morgan fingerprint density at radius 1 is 0.957 bits per heavy atom. The molecule has 3 nitrogen and oxygen atoms in total. The van der Waals surface area contributed by atoms with E-state index in [1.165, 1.54) is 69.9 Å². The van der Waals surface area contributed by atoms with E-state index in [0.717, 1.165) is 17.5 Å². The molecule has 0 N–H and O–H groups in total. The van der Waals surface area contributed by atoms with Crippen molar-refractivity contribution in [1.29, 1.82) is 0 Å². The number of hydrogen-bond acceptors (Lipinski definition) is 3. The number of benzene rings is 1. The van der Waals surface area contributed by atoms with Gasteiger partial charge in [0.15, 0.2) is 0 Å². The molecule has 0 spiro atoms. The van der Waals surface area contributed by atoms with Gasteiger partial charge >= 0.3 is 0 Å². The van der Waals surface area contributed by atoms with Crippen LogP contribution in [0, 0.1) is 5.92 Å². The SMILES string of the molecule is CC(C)CN1CCN(Cc2cc(Cl)ccc2N2CCCC2)CC1. The minimum absolute atomic E-state index is 0.760. The Morgan fingerprint density at radius 2 is 1.61 bits per heavy atom. The van der Waals surface area contributed by atoms with E-state index in [2.05, 4.69) is 40.7 Å². The van der Waals surface area contributed by atoms with E-state index in [9.17, 15) is 0 Å². The summed E-state index contributed by atoms with van der Waals surface area (Å²) in [4.78, 5) is 7.71. The lowest BCUT2D eigenvalue weighted by Crippen LogP contribution is -2.47. The van der Waals surface area contributed by atoms with Crippen molar-refractivity contribution in [2.45, 2.75) is 33.2 Å². The summed E-state index contributed by atoms with van der Waals surface area (Å²) in [5, 5.41) is 0.862. The van der Waals surface area contributed by atoms with Crippen LogP contribution >= 0.6 is 11.6 Å². The number of anilines is 1. The topological polar surface area (TPSA) is 9.72 Å². The predicted octanol–water partition coefficient (Wildman–Crippen LogP) is 3.71. The number of hydrogen-bond donors (Lipinski definition) is 0. The zero-order chi connectivity index (χ0) is 16.2. The molecular weight excluding hydrogens is 306 g/mol. The quantitative estimate of drug-likeness (QED) is 0.812. The van der Waals surface area contributed by atoms with Gasteiger partial charge in [-0.25, -0.2) is 0 Å². The van der Waals surface area contributed by atoms with Crippen molar-refractivity contribution in [3.63, 3.8) is 0 Å². The molecule has 4 heteroatoms. The van der Waals surface area contributed by atoms with E-state index in [0.29, 0.717) is 0 Å². The molecule has 0 unspecified atom stereocenters. The van der Waals surface area contributed by atoms with Gasteiger partial charge in [0, 0.05) is 63.1 Å². The van der Waals surface area contributed by atoms with Crippen molar-refractivity contribution in [3.8, 4) is 0 Å². The summed E-state index contributed by atoms with van der Waals surface area (Å²) in [6.45, 7) is 14.0. The van der Waals surface area contributed by atoms with E-state index >= 15 is 0 Å². The second kappa shape index (κ2) is 7.87. The monoisotopic (exact) mass is 335 g/mol. The summed E-state index contributed by atoms with van der Waals surface area (Å²) < 4.78 is 0. The van der Waals surface area contributed by atoms with Crippen molar-refractivity contribution in [2.75, 3.05) is 50.7 Å². The van der Waals surface area contributed by atoms with E-state index in [4.69, 9.17) is 11.6 Å². The molecule has 23 heavy (non-hydrogen) atoms. The smallest absolute Gasteiger partial charge is 0.0412 e. The van der Waals surface area contributed by atoms with Gasteiger partial charge in [-0.2, -0.15) is 0 Å². The van der Waals surface area contributed by atoms with Gasteiger partial charge < -0.3 is 9.80 Å². The van der Waals surface area contributed by atoms with Crippen LogP contribution in [-0.4, -0.2) is 55.6 Å². The number of rotatable bonds is 5. The standard InChI is InChI=1S/C19H30ClN3/c1-16(2)14-21-9-11-22(12-10-21)15-17-13-18(20)5-6-19(17)23-7-3-4-8-23/h5-6,13,16H,3-4,7-12,14-15H2,1-2H3. The fourth-order valence-corrected chi connectivity index (χ4v) is 4.03. The number of halogens is 1. The van der Waals surface area contributed by atoms with Gasteiger partial charge in [0.05, 0.1) is 0 Å². The fraction of sp³-hybridized carbons (Fsp3) is 0.684. The van der Waals surface area contributed by atoms with Crippen LogP contribution in [0.15, 0.2) is 18.2 Å². The van der Waals surface area contributed by atoms with Crippen molar-refractivity contribution in [1.82, 2.24) is 9.80 Å². The Hall–Kier alpha value is -0.770. The normalized spacial score (nSPS) is 20.6. The zero-order valence-electron chi connectivity index (χ0n) is 14.6. The van der Waals surface area contributed by atoms with Crippen LogP contribution in [0.25, 0.3) is 0 Å². The molecule has 0 radical (unpaired) electrons. The molecular formula is C19H30ClN3. The highest BCUT2D eigenvalue weighted by molar-refractivity contribution is 6.30. The first kappa shape index (κ1) is 17.1. The first-order chi connectivity index (χ1) is 11.1. The minimum Gasteiger partial charge on any atom is -0.371 e. The summed E-state index contributed by atoms with van der Waals surface area (Å²) in [6, 6.07) is 6.44. The highest BCUT2D eigenvalue weighted by Gasteiger charge is 2.21. The average molecular weight is 336 g/mol. The lowest BCUT2D eigenvalue weighted by Gasteiger charge is -2.36. The molecule has 0 aliphatic carbocycles. The molecule has 0 saturated carbocycles. The molecule has 0 atom stereocenters. The third-order valence-electron chi connectivity index (χ3n) is 4.97. The summed E-state index contributed by atoms with van der Waals surface area (Å²) in [7, 11) is 0. The zero-order valence-corrected chi connectivity index (χ0v) is 15.4. The summed E-state index contributed by atoms with van der Waals surface area (Å²) in [5.74, 6) is 0.760. The van der Waals surface area contributed by atoms with E-state index in [-0.39, 0.29) is 0 Å². The van der Waals surface area contributed by atoms with Crippen molar-refractivity contribution in [2.24, 2.45) is 5.92 Å². The summed E-state index contributed by atoms with van der Waals surface area (Å²) in [5.41, 5.74) is 2.80. The average Bonchev–Trinajstić information content (AvgIpc) is 3.03. The fourth-order valence-electron chi connectivity index (χ4n) is 3.83. The first-order valence-corrected chi connectivity index (χ1v) is 9.47. The second-order valence-electron chi connectivity index (χ2n) is 7.44. The molecule has 0 amide bonds. The molecule has 2 fully saturated rings. The largest absolute Gasteiger partial charge is 0.371 e. The van der Waals surface area contributed by atoms with Gasteiger partial charge in [0.2, 0.25) is 0 Å². The van der Waals surface area contributed by atoms with Crippen LogP contribution in [-0.2, 0) is 6.54 Å². The molecule has 0 aromatic heterocycles. The van der Waals surface area contributed by atoms with Crippen molar-refractivity contribution >= 4 is 17.3 Å². The second-order valence-corrected chi connectivity index (χ2v) is 7.87. The van der Waals surface area contributed by atoms with Crippen molar-refractivity contribution in [3.05, 3.63) is 28.8 Å². The summed E-state index contributed by atoms with van der Waals surface area (Å²) >= 11 is 6.28. The van der Waals surface area contributed by atoms with Crippen LogP contribution in [0.1, 0.15) is 32.3 Å². The Kier molecular flexibility index (Phi) is 5.84. The molecule has 1 aromatic carbocycles. The lowest BCUT2D eigenvalue weighted by molar-refractivity contribution is 0.117. The summed E-state index contributed by atoms with van der Waals surface area (Å²) in [6.07, 6.45) is 2.63. The van der Waals surface area contributed by atoms with Crippen molar-refractivity contribution < 1.29 is 0 Å². The number of piperazine rings is 1. The van der Waals surface area contributed by atoms with Crippen LogP contribution in [0.4, 0.5) is 5.69 Å². The van der Waals surface area contributed by atoms with Crippen LogP contribution in [0.2, 0.25) is 5.02 Å². The highest BCUT2D eigenvalue weighted by Crippen LogP contribution is 2.28. The van der Waals surface area contributed by atoms with Gasteiger partial charge in [-0.1, -0.05) is 25.4 Å². The van der Waals surface area contributed by atoms with Crippen LogP contribution in [0.5, 0.6) is 0 Å². The highest BCUT2D eigenvalue weighted by atomic mass is 35.5. The third-order valence-corrected chi connectivity index (χ3v) is 5.21. The Morgan fingerprint density at radius 3 is 2.26 bits per heavy atom. The minimum atomic E-state index is 0.760. The molecule has 2 aliphatic rings. The molecule has 3 rings (SSSR count). The Bertz CT molecular complexity index is 503. The maximum absolute atomic E-state index is 6.28. The maximum Gasteiger partial charge on any atom is 0.0412 e. The van der Waals surface area contributed by atoms with Gasteiger partial charge in [-0.05, 0) is 42.5 Å². The third kappa shape index (κ3) is 4.62. The molecule has 2 heterocycles. The van der Waals surface area contributed by atoms with Gasteiger partial charge in [0.1, 0.15) is 0 Å². The maximum atomic E-state index is 6.28. The van der Waals surface area contributed by atoms with Crippen LogP contribution in [0.3, 0.4) is 0 Å². The van der Waals surface area contributed by atoms with Gasteiger partial charge in [-0.15, -0.1) is 0 Å². The molecule has 0 bridgehead atoms. The Balaban J connectivity index is 1.62. The predicted molar refractivity (Wildman–Crippen MR) is 99.5 cm³/mol. The van der Waals surface area contributed by atoms with E-state index < -0.39 is 0 Å². The molecule has 128 valence electrons.